The molecule has 0 aromatic carbocycles. The lowest BCUT2D eigenvalue weighted by molar-refractivity contribution is -0.116. The zero-order valence-electron chi connectivity index (χ0n) is 5.77. The fraction of sp³-hybridized carbons (Fsp3) is 0.571. The van der Waals surface area contributed by atoms with Crippen LogP contribution in [0.15, 0.2) is 11.8 Å². The van der Waals surface area contributed by atoms with Gasteiger partial charge in [-0.2, -0.15) is 0 Å². The fourth-order valence-electron chi connectivity index (χ4n) is 0.927. The lowest BCUT2D eigenvalue weighted by Gasteiger charge is -1.98. The maximum absolute atomic E-state index is 11.0. The van der Waals surface area contributed by atoms with E-state index in [4.69, 9.17) is 0 Å². The average molecular weight is 125 g/mol. The van der Waals surface area contributed by atoms with Crippen LogP contribution in [0.5, 0.6) is 0 Å². The van der Waals surface area contributed by atoms with E-state index in [0.29, 0.717) is 0 Å². The minimum atomic E-state index is 0.0138. The molecular weight excluding hydrogens is 114 g/mol. The summed E-state index contributed by atoms with van der Waals surface area (Å²) >= 11 is 0. The molecule has 0 bridgehead atoms. The molecule has 1 atom stereocenters. The van der Waals surface area contributed by atoms with Crippen LogP contribution < -0.4 is 5.32 Å². The van der Waals surface area contributed by atoms with E-state index in [1.165, 1.54) is 0 Å². The molecular formula is C7H11NO. The SMILES string of the molecule is CCC1=CNC(C)C1=O. The van der Waals surface area contributed by atoms with Crippen molar-refractivity contribution in [2.75, 3.05) is 0 Å². The molecule has 0 aliphatic carbocycles. The quantitative estimate of drug-likeness (QED) is 0.562. The molecule has 9 heavy (non-hydrogen) atoms. The Morgan fingerprint density at radius 1 is 1.78 bits per heavy atom. The number of hydrogen-bond donors (Lipinski definition) is 1. The minimum Gasteiger partial charge on any atom is -0.381 e. The topological polar surface area (TPSA) is 29.1 Å². The molecule has 0 saturated carbocycles. The van der Waals surface area contributed by atoms with Crippen molar-refractivity contribution < 1.29 is 4.79 Å². The highest BCUT2D eigenvalue weighted by Crippen LogP contribution is 2.09. The molecule has 0 aromatic heterocycles. The van der Waals surface area contributed by atoms with Crippen LogP contribution in [0.3, 0.4) is 0 Å². The van der Waals surface area contributed by atoms with E-state index in [1.54, 1.807) is 0 Å². The van der Waals surface area contributed by atoms with Crippen molar-refractivity contribution in [2.24, 2.45) is 0 Å². The zero-order chi connectivity index (χ0) is 6.85. The van der Waals surface area contributed by atoms with Crippen LogP contribution in [0.2, 0.25) is 0 Å². The highest BCUT2D eigenvalue weighted by atomic mass is 16.1. The molecule has 0 fully saturated rings. The van der Waals surface area contributed by atoms with Crippen molar-refractivity contribution in [3.8, 4) is 0 Å². The van der Waals surface area contributed by atoms with Gasteiger partial charge in [0.25, 0.3) is 0 Å². The van der Waals surface area contributed by atoms with Gasteiger partial charge in [0.15, 0.2) is 5.78 Å². The number of hydrogen-bond acceptors (Lipinski definition) is 2. The number of carbonyl (C=O) groups excluding carboxylic acids is 1. The largest absolute Gasteiger partial charge is 0.381 e. The van der Waals surface area contributed by atoms with Crippen molar-refractivity contribution >= 4 is 5.78 Å². The first-order valence-corrected chi connectivity index (χ1v) is 3.25. The summed E-state index contributed by atoms with van der Waals surface area (Å²) in [5.74, 6) is 0.248. The van der Waals surface area contributed by atoms with Gasteiger partial charge in [-0.05, 0) is 13.3 Å². The van der Waals surface area contributed by atoms with Gasteiger partial charge in [-0.3, -0.25) is 4.79 Å². The smallest absolute Gasteiger partial charge is 0.182 e. The standard InChI is InChI=1S/C7H11NO/c1-3-6-4-8-5(2)7(6)9/h4-5,8H,3H2,1-2H3. The molecule has 0 radical (unpaired) electrons. The van der Waals surface area contributed by atoms with Crippen LogP contribution in [0, 0.1) is 0 Å². The van der Waals surface area contributed by atoms with Gasteiger partial charge in [0.1, 0.15) is 0 Å². The van der Waals surface area contributed by atoms with E-state index in [9.17, 15) is 4.79 Å². The first-order chi connectivity index (χ1) is 4.25. The Hall–Kier alpha value is -0.790. The first-order valence-electron chi connectivity index (χ1n) is 3.25. The molecule has 0 amide bonds. The van der Waals surface area contributed by atoms with E-state index >= 15 is 0 Å². The number of rotatable bonds is 1. The van der Waals surface area contributed by atoms with Crippen LogP contribution >= 0.6 is 0 Å². The molecule has 0 spiro atoms. The Morgan fingerprint density at radius 2 is 2.44 bits per heavy atom. The van der Waals surface area contributed by atoms with Crippen molar-refractivity contribution in [2.45, 2.75) is 26.3 Å². The van der Waals surface area contributed by atoms with Gasteiger partial charge in [0, 0.05) is 11.8 Å². The van der Waals surface area contributed by atoms with E-state index in [2.05, 4.69) is 5.32 Å². The van der Waals surface area contributed by atoms with Gasteiger partial charge >= 0.3 is 0 Å². The highest BCUT2D eigenvalue weighted by Gasteiger charge is 2.20. The van der Waals surface area contributed by atoms with Gasteiger partial charge in [-0.15, -0.1) is 0 Å². The van der Waals surface area contributed by atoms with E-state index in [-0.39, 0.29) is 11.8 Å². The predicted molar refractivity (Wildman–Crippen MR) is 36.0 cm³/mol. The summed E-state index contributed by atoms with van der Waals surface area (Å²) in [6.07, 6.45) is 2.66. The Kier molecular flexibility index (Phi) is 1.56. The van der Waals surface area contributed by atoms with Crippen molar-refractivity contribution in [1.29, 1.82) is 0 Å². The second-order valence-electron chi connectivity index (χ2n) is 2.28. The third-order valence-electron chi connectivity index (χ3n) is 1.60. The Morgan fingerprint density at radius 3 is 2.67 bits per heavy atom. The predicted octanol–water partition coefficient (Wildman–Crippen LogP) is 0.841. The number of carbonyl (C=O) groups is 1. The second-order valence-corrected chi connectivity index (χ2v) is 2.28. The zero-order valence-corrected chi connectivity index (χ0v) is 5.77. The minimum absolute atomic E-state index is 0.0138. The van der Waals surface area contributed by atoms with Crippen LogP contribution in [0.1, 0.15) is 20.3 Å². The molecule has 1 heterocycles. The summed E-state index contributed by atoms with van der Waals surface area (Å²) in [4.78, 5) is 11.0. The van der Waals surface area contributed by atoms with Crippen LogP contribution in [0.25, 0.3) is 0 Å². The number of ketones is 1. The van der Waals surface area contributed by atoms with E-state index < -0.39 is 0 Å². The van der Waals surface area contributed by atoms with Crippen LogP contribution in [-0.4, -0.2) is 11.8 Å². The average Bonchev–Trinajstić information content (AvgIpc) is 2.15. The number of nitrogens with one attached hydrogen (secondary N) is 1. The molecule has 50 valence electrons. The number of Topliss-reactive ketones (excluding diaryl/α,β-unsaturated/α-hetero) is 1. The van der Waals surface area contributed by atoms with Gasteiger partial charge < -0.3 is 5.32 Å². The third-order valence-corrected chi connectivity index (χ3v) is 1.60. The van der Waals surface area contributed by atoms with Gasteiger partial charge in [0.05, 0.1) is 6.04 Å². The third kappa shape index (κ3) is 0.969. The summed E-state index contributed by atoms with van der Waals surface area (Å²) in [7, 11) is 0. The van der Waals surface area contributed by atoms with Crippen molar-refractivity contribution in [3.63, 3.8) is 0 Å². The van der Waals surface area contributed by atoms with Gasteiger partial charge in [-0.25, -0.2) is 0 Å². The molecule has 2 heteroatoms. The Balaban J connectivity index is 2.67. The maximum atomic E-state index is 11.0. The van der Waals surface area contributed by atoms with E-state index in [0.717, 1.165) is 12.0 Å². The van der Waals surface area contributed by atoms with Crippen LogP contribution in [-0.2, 0) is 4.79 Å². The lowest BCUT2D eigenvalue weighted by atomic mass is 10.1. The first kappa shape index (κ1) is 6.33. The Labute approximate surface area is 54.9 Å². The Bertz CT molecular complexity index is 160. The molecule has 0 aromatic rings. The fourth-order valence-corrected chi connectivity index (χ4v) is 0.927. The molecule has 0 saturated heterocycles. The van der Waals surface area contributed by atoms with Gasteiger partial charge in [-0.1, -0.05) is 6.92 Å². The molecule has 1 aliphatic rings. The second kappa shape index (κ2) is 2.21. The molecule has 2 nitrogen and oxygen atoms in total. The highest BCUT2D eigenvalue weighted by molar-refractivity contribution is 6.01. The molecule has 1 rings (SSSR count). The summed E-state index contributed by atoms with van der Waals surface area (Å²) in [6.45, 7) is 3.87. The van der Waals surface area contributed by atoms with Crippen molar-refractivity contribution in [3.05, 3.63) is 11.8 Å². The summed E-state index contributed by atoms with van der Waals surface area (Å²) in [6, 6.07) is 0.0138. The lowest BCUT2D eigenvalue weighted by Crippen LogP contribution is -2.22. The monoisotopic (exact) mass is 125 g/mol. The molecule has 1 unspecified atom stereocenters. The molecule has 1 N–H and O–H groups in total. The van der Waals surface area contributed by atoms with Crippen molar-refractivity contribution in [1.82, 2.24) is 5.32 Å². The van der Waals surface area contributed by atoms with E-state index in [1.807, 2.05) is 20.0 Å². The maximum Gasteiger partial charge on any atom is 0.182 e. The summed E-state index contributed by atoms with van der Waals surface area (Å²) in [5, 5.41) is 2.96. The summed E-state index contributed by atoms with van der Waals surface area (Å²) < 4.78 is 0. The van der Waals surface area contributed by atoms with Gasteiger partial charge in [0.2, 0.25) is 0 Å². The molecule has 1 aliphatic heterocycles. The van der Waals surface area contributed by atoms with Crippen LogP contribution in [0.4, 0.5) is 0 Å². The summed E-state index contributed by atoms with van der Waals surface area (Å²) in [5.41, 5.74) is 0.919. The normalized spacial score (nSPS) is 25.8.